The van der Waals surface area contributed by atoms with E-state index in [2.05, 4.69) is 21.7 Å². The lowest BCUT2D eigenvalue weighted by atomic mass is 10.2. The lowest BCUT2D eigenvalue weighted by molar-refractivity contribution is 0.0168. The first-order valence-electron chi connectivity index (χ1n) is 8.96. The second-order valence-electron chi connectivity index (χ2n) is 6.17. The number of guanidine groups is 1. The Kier molecular flexibility index (Phi) is 9.21. The molecule has 0 bridgehead atoms. The Hall–Kier alpha value is -1.32. The van der Waals surface area contributed by atoms with E-state index in [1.54, 1.807) is 7.05 Å². The zero-order valence-corrected chi connectivity index (χ0v) is 17.5. The smallest absolute Gasteiger partial charge is 0.191 e. The summed E-state index contributed by atoms with van der Waals surface area (Å²) in [4.78, 5) is 4.23. The van der Waals surface area contributed by atoms with Crippen LogP contribution in [0.4, 0.5) is 0 Å². The van der Waals surface area contributed by atoms with Crippen molar-refractivity contribution in [2.24, 2.45) is 4.99 Å². The van der Waals surface area contributed by atoms with Crippen molar-refractivity contribution in [1.82, 2.24) is 10.6 Å². The van der Waals surface area contributed by atoms with Crippen LogP contribution in [0.25, 0.3) is 11.0 Å². The number of rotatable bonds is 8. The second kappa shape index (κ2) is 11.4. The number of furan rings is 1. The van der Waals surface area contributed by atoms with Crippen LogP contribution in [0.1, 0.15) is 25.0 Å². The van der Waals surface area contributed by atoms with E-state index >= 15 is 0 Å². The Morgan fingerprint density at radius 2 is 2.19 bits per heavy atom. The van der Waals surface area contributed by atoms with Crippen molar-refractivity contribution in [3.05, 3.63) is 36.1 Å². The number of nitrogens with one attached hydrogen (secondary N) is 2. The zero-order chi connectivity index (χ0) is 17.3. The quantitative estimate of drug-likeness (QED) is 0.267. The fourth-order valence-corrected chi connectivity index (χ4v) is 2.89. The third-order valence-corrected chi connectivity index (χ3v) is 4.22. The fourth-order valence-electron chi connectivity index (χ4n) is 2.89. The Balaban J connectivity index is 0.00000243. The lowest BCUT2D eigenvalue weighted by Gasteiger charge is -2.12. The molecular weight excluding hydrogens is 445 g/mol. The van der Waals surface area contributed by atoms with Gasteiger partial charge in [-0.15, -0.1) is 24.0 Å². The van der Waals surface area contributed by atoms with Crippen molar-refractivity contribution in [2.45, 2.75) is 31.9 Å². The molecule has 1 aromatic carbocycles. The van der Waals surface area contributed by atoms with E-state index in [0.29, 0.717) is 19.3 Å². The molecule has 0 saturated carbocycles. The molecule has 0 spiro atoms. The van der Waals surface area contributed by atoms with Crippen LogP contribution in [0.2, 0.25) is 0 Å². The summed E-state index contributed by atoms with van der Waals surface area (Å²) in [6.07, 6.45) is 3.50. The Labute approximate surface area is 171 Å². The topological polar surface area (TPSA) is 68.0 Å². The predicted octanol–water partition coefficient (Wildman–Crippen LogP) is 3.30. The van der Waals surface area contributed by atoms with Crippen molar-refractivity contribution in [3.8, 4) is 0 Å². The first-order valence-corrected chi connectivity index (χ1v) is 8.96. The number of benzene rings is 1. The second-order valence-corrected chi connectivity index (χ2v) is 6.17. The molecule has 1 saturated heterocycles. The van der Waals surface area contributed by atoms with Crippen molar-refractivity contribution >= 4 is 40.9 Å². The molecule has 1 atom stereocenters. The van der Waals surface area contributed by atoms with Crippen molar-refractivity contribution in [1.29, 1.82) is 0 Å². The van der Waals surface area contributed by atoms with Gasteiger partial charge in [0.1, 0.15) is 11.3 Å². The Bertz CT molecular complexity index is 650. The Morgan fingerprint density at radius 3 is 2.96 bits per heavy atom. The molecule has 0 amide bonds. The van der Waals surface area contributed by atoms with E-state index in [9.17, 15) is 0 Å². The van der Waals surface area contributed by atoms with Gasteiger partial charge >= 0.3 is 0 Å². The summed E-state index contributed by atoms with van der Waals surface area (Å²) in [6.45, 7) is 3.73. The molecule has 144 valence electrons. The van der Waals surface area contributed by atoms with E-state index in [4.69, 9.17) is 13.9 Å². The van der Waals surface area contributed by atoms with E-state index in [1.165, 1.54) is 0 Å². The molecule has 1 aliphatic rings. The molecule has 6 nitrogen and oxygen atoms in total. The van der Waals surface area contributed by atoms with Gasteiger partial charge in [-0.1, -0.05) is 18.2 Å². The monoisotopic (exact) mass is 473 g/mol. The lowest BCUT2D eigenvalue weighted by Crippen LogP contribution is -2.37. The molecule has 0 radical (unpaired) electrons. The van der Waals surface area contributed by atoms with Crippen LogP contribution in [-0.2, 0) is 16.0 Å². The number of nitrogens with zero attached hydrogens (tertiary/aromatic N) is 1. The van der Waals surface area contributed by atoms with Crippen LogP contribution in [0, 0.1) is 0 Å². The number of hydrogen-bond acceptors (Lipinski definition) is 4. The maximum atomic E-state index is 5.79. The molecule has 26 heavy (non-hydrogen) atoms. The third-order valence-electron chi connectivity index (χ3n) is 4.22. The molecule has 1 aliphatic heterocycles. The summed E-state index contributed by atoms with van der Waals surface area (Å²) in [7, 11) is 1.77. The molecule has 2 aromatic rings. The van der Waals surface area contributed by atoms with Crippen LogP contribution in [0.5, 0.6) is 0 Å². The van der Waals surface area contributed by atoms with Crippen LogP contribution in [0.15, 0.2) is 39.7 Å². The third kappa shape index (κ3) is 6.44. The van der Waals surface area contributed by atoms with Crippen LogP contribution >= 0.6 is 24.0 Å². The summed E-state index contributed by atoms with van der Waals surface area (Å²) in [5.74, 6) is 1.66. The number of halogens is 1. The van der Waals surface area contributed by atoms with E-state index in [0.717, 1.165) is 61.7 Å². The van der Waals surface area contributed by atoms with E-state index in [-0.39, 0.29) is 24.0 Å². The van der Waals surface area contributed by atoms with Gasteiger partial charge in [0.15, 0.2) is 5.96 Å². The van der Waals surface area contributed by atoms with E-state index in [1.807, 2.05) is 24.3 Å². The number of para-hydroxylation sites is 1. The van der Waals surface area contributed by atoms with Gasteiger partial charge in [-0.2, -0.15) is 0 Å². The molecule has 0 aliphatic carbocycles. The number of aliphatic imine (C=N–C) groups is 1. The first-order chi connectivity index (χ1) is 12.3. The van der Waals surface area contributed by atoms with Gasteiger partial charge < -0.3 is 24.5 Å². The van der Waals surface area contributed by atoms with Crippen LogP contribution in [-0.4, -0.2) is 45.5 Å². The highest BCUT2D eigenvalue weighted by molar-refractivity contribution is 14.0. The molecule has 3 rings (SSSR count). The maximum Gasteiger partial charge on any atom is 0.191 e. The summed E-state index contributed by atoms with van der Waals surface area (Å²) in [6, 6.07) is 10.1. The standard InChI is InChI=1S/C19H27N3O3.HI/c1-20-19(21-9-5-10-23-14-16-7-4-11-24-16)22-13-17-12-15-6-2-3-8-18(15)25-17;/h2-3,6,8,12,16H,4-5,7,9-11,13-14H2,1H3,(H2,20,21,22);1H. The largest absolute Gasteiger partial charge is 0.459 e. The first kappa shape index (κ1) is 21.0. The minimum absolute atomic E-state index is 0. The average molecular weight is 473 g/mol. The minimum atomic E-state index is 0. The average Bonchev–Trinajstić information content (AvgIpc) is 3.29. The molecule has 7 heteroatoms. The Morgan fingerprint density at radius 1 is 1.31 bits per heavy atom. The van der Waals surface area contributed by atoms with Gasteiger partial charge in [0.2, 0.25) is 0 Å². The molecule has 2 N–H and O–H groups in total. The number of hydrogen-bond donors (Lipinski definition) is 2. The SMILES string of the molecule is CN=C(NCCCOCC1CCCO1)NCc1cc2ccccc2o1.I. The molecule has 2 heterocycles. The van der Waals surface area contributed by atoms with Gasteiger partial charge in [0.05, 0.1) is 19.3 Å². The summed E-state index contributed by atoms with van der Waals surface area (Å²) in [5, 5.41) is 7.67. The zero-order valence-electron chi connectivity index (χ0n) is 15.2. The van der Waals surface area contributed by atoms with Gasteiger partial charge in [0, 0.05) is 32.2 Å². The minimum Gasteiger partial charge on any atom is -0.459 e. The van der Waals surface area contributed by atoms with Crippen LogP contribution in [0.3, 0.4) is 0 Å². The maximum absolute atomic E-state index is 5.79. The van der Waals surface area contributed by atoms with Gasteiger partial charge in [0.25, 0.3) is 0 Å². The van der Waals surface area contributed by atoms with Crippen molar-refractivity contribution < 1.29 is 13.9 Å². The van der Waals surface area contributed by atoms with Gasteiger partial charge in [-0.3, -0.25) is 4.99 Å². The van der Waals surface area contributed by atoms with Crippen molar-refractivity contribution in [2.75, 3.05) is 33.4 Å². The van der Waals surface area contributed by atoms with E-state index < -0.39 is 0 Å². The van der Waals surface area contributed by atoms with Gasteiger partial charge in [-0.05, 0) is 31.4 Å². The summed E-state index contributed by atoms with van der Waals surface area (Å²) in [5.41, 5.74) is 0.908. The van der Waals surface area contributed by atoms with Crippen LogP contribution < -0.4 is 10.6 Å². The number of fused-ring (bicyclic) bond motifs is 1. The highest BCUT2D eigenvalue weighted by Gasteiger charge is 2.14. The number of ether oxygens (including phenoxy) is 2. The predicted molar refractivity (Wildman–Crippen MR) is 114 cm³/mol. The van der Waals surface area contributed by atoms with Crippen molar-refractivity contribution in [3.63, 3.8) is 0 Å². The molecular formula is C19H28IN3O3. The molecule has 1 aromatic heterocycles. The highest BCUT2D eigenvalue weighted by Crippen LogP contribution is 2.18. The van der Waals surface area contributed by atoms with Gasteiger partial charge in [-0.25, -0.2) is 0 Å². The summed E-state index contributed by atoms with van der Waals surface area (Å²) >= 11 is 0. The summed E-state index contributed by atoms with van der Waals surface area (Å²) < 4.78 is 17.0. The normalized spacial score (nSPS) is 17.3. The molecule has 1 unspecified atom stereocenters. The molecule has 1 fully saturated rings. The fraction of sp³-hybridized carbons (Fsp3) is 0.526. The highest BCUT2D eigenvalue weighted by atomic mass is 127.